The second-order valence-electron chi connectivity index (χ2n) is 4.12. The number of aryl methyl sites for hydroxylation is 2. The summed E-state index contributed by atoms with van der Waals surface area (Å²) in [4.78, 5) is 4.10. The van der Waals surface area contributed by atoms with Gasteiger partial charge in [-0.05, 0) is 36.6 Å². The zero-order chi connectivity index (χ0) is 11.5. The Kier molecular flexibility index (Phi) is 3.02. The SMILES string of the molecule is Cc1ccc(C)c(C(N)c2cccnc2)c1. The van der Waals surface area contributed by atoms with Crippen LogP contribution in [0.2, 0.25) is 0 Å². The van der Waals surface area contributed by atoms with Gasteiger partial charge in [0.2, 0.25) is 0 Å². The molecule has 0 aliphatic rings. The van der Waals surface area contributed by atoms with Gasteiger partial charge < -0.3 is 5.73 Å². The predicted molar refractivity (Wildman–Crippen MR) is 66.2 cm³/mol. The van der Waals surface area contributed by atoms with Gasteiger partial charge in [-0.3, -0.25) is 4.98 Å². The van der Waals surface area contributed by atoms with Crippen LogP contribution in [0, 0.1) is 13.8 Å². The van der Waals surface area contributed by atoms with Crippen LogP contribution in [0.5, 0.6) is 0 Å². The van der Waals surface area contributed by atoms with E-state index in [1.165, 1.54) is 16.7 Å². The molecule has 1 aromatic heterocycles. The summed E-state index contributed by atoms with van der Waals surface area (Å²) in [5.74, 6) is 0. The van der Waals surface area contributed by atoms with E-state index in [0.29, 0.717) is 0 Å². The number of nitrogens with two attached hydrogens (primary N) is 1. The molecule has 1 unspecified atom stereocenters. The minimum atomic E-state index is -0.0893. The first-order chi connectivity index (χ1) is 7.68. The molecule has 1 aromatic carbocycles. The van der Waals surface area contributed by atoms with Gasteiger partial charge >= 0.3 is 0 Å². The summed E-state index contributed by atoms with van der Waals surface area (Å²) in [6.07, 6.45) is 3.59. The van der Waals surface area contributed by atoms with Crippen LogP contribution in [0.1, 0.15) is 28.3 Å². The van der Waals surface area contributed by atoms with Crippen molar-refractivity contribution in [3.8, 4) is 0 Å². The van der Waals surface area contributed by atoms with Gasteiger partial charge in [-0.25, -0.2) is 0 Å². The van der Waals surface area contributed by atoms with E-state index in [-0.39, 0.29) is 6.04 Å². The minimum absolute atomic E-state index is 0.0893. The van der Waals surface area contributed by atoms with Crippen molar-refractivity contribution >= 4 is 0 Å². The highest BCUT2D eigenvalue weighted by Gasteiger charge is 2.11. The third-order valence-electron chi connectivity index (χ3n) is 2.81. The molecule has 2 aromatic rings. The van der Waals surface area contributed by atoms with Gasteiger partial charge in [-0.15, -0.1) is 0 Å². The lowest BCUT2D eigenvalue weighted by molar-refractivity contribution is 0.852. The van der Waals surface area contributed by atoms with Crippen LogP contribution >= 0.6 is 0 Å². The lowest BCUT2D eigenvalue weighted by Gasteiger charge is -2.15. The minimum Gasteiger partial charge on any atom is -0.320 e. The maximum absolute atomic E-state index is 6.25. The van der Waals surface area contributed by atoms with Gasteiger partial charge in [-0.1, -0.05) is 29.8 Å². The van der Waals surface area contributed by atoms with Crippen LogP contribution in [0.25, 0.3) is 0 Å². The largest absolute Gasteiger partial charge is 0.320 e. The third-order valence-corrected chi connectivity index (χ3v) is 2.81. The van der Waals surface area contributed by atoms with Crippen LogP contribution in [-0.2, 0) is 0 Å². The first-order valence-corrected chi connectivity index (χ1v) is 5.41. The van der Waals surface area contributed by atoms with Crippen LogP contribution in [0.15, 0.2) is 42.7 Å². The van der Waals surface area contributed by atoms with Gasteiger partial charge in [0.05, 0.1) is 6.04 Å². The fourth-order valence-electron chi connectivity index (χ4n) is 1.83. The maximum Gasteiger partial charge on any atom is 0.0569 e. The number of hydrogen-bond donors (Lipinski definition) is 1. The van der Waals surface area contributed by atoms with Crippen LogP contribution in [0.4, 0.5) is 0 Å². The molecular weight excluding hydrogens is 196 g/mol. The van der Waals surface area contributed by atoms with E-state index in [1.807, 2.05) is 18.3 Å². The van der Waals surface area contributed by atoms with Gasteiger partial charge in [0.25, 0.3) is 0 Å². The Morgan fingerprint density at radius 1 is 1.19 bits per heavy atom. The smallest absolute Gasteiger partial charge is 0.0569 e. The molecule has 0 spiro atoms. The number of aromatic nitrogens is 1. The molecular formula is C14H16N2. The van der Waals surface area contributed by atoms with E-state index in [2.05, 4.69) is 37.0 Å². The molecule has 0 aliphatic heterocycles. The van der Waals surface area contributed by atoms with Crippen LogP contribution in [0.3, 0.4) is 0 Å². The number of benzene rings is 1. The molecule has 2 nitrogen and oxygen atoms in total. The molecule has 0 radical (unpaired) electrons. The Hall–Kier alpha value is -1.67. The van der Waals surface area contributed by atoms with E-state index in [0.717, 1.165) is 5.56 Å². The Labute approximate surface area is 96.1 Å². The molecule has 16 heavy (non-hydrogen) atoms. The monoisotopic (exact) mass is 212 g/mol. The molecule has 0 fully saturated rings. The first kappa shape index (κ1) is 10.8. The topological polar surface area (TPSA) is 38.9 Å². The average molecular weight is 212 g/mol. The van der Waals surface area contributed by atoms with Crippen molar-refractivity contribution in [2.24, 2.45) is 5.73 Å². The van der Waals surface area contributed by atoms with Crippen molar-refractivity contribution in [1.82, 2.24) is 4.98 Å². The Bertz CT molecular complexity index is 477. The molecule has 0 amide bonds. The highest BCUT2D eigenvalue weighted by molar-refractivity contribution is 5.37. The molecule has 0 bridgehead atoms. The van der Waals surface area contributed by atoms with Gasteiger partial charge in [0.15, 0.2) is 0 Å². The summed E-state index contributed by atoms with van der Waals surface area (Å²) in [5.41, 5.74) is 10.9. The van der Waals surface area contributed by atoms with Gasteiger partial charge in [0.1, 0.15) is 0 Å². The van der Waals surface area contributed by atoms with E-state index in [9.17, 15) is 0 Å². The molecule has 0 saturated heterocycles. The quantitative estimate of drug-likeness (QED) is 0.831. The summed E-state index contributed by atoms with van der Waals surface area (Å²) in [7, 11) is 0. The lowest BCUT2D eigenvalue weighted by atomic mass is 9.95. The van der Waals surface area contributed by atoms with E-state index >= 15 is 0 Å². The maximum atomic E-state index is 6.25. The molecule has 2 rings (SSSR count). The van der Waals surface area contributed by atoms with Crippen molar-refractivity contribution in [3.05, 3.63) is 65.0 Å². The number of hydrogen-bond acceptors (Lipinski definition) is 2. The van der Waals surface area contributed by atoms with Crippen molar-refractivity contribution in [1.29, 1.82) is 0 Å². The van der Waals surface area contributed by atoms with Crippen molar-refractivity contribution in [2.45, 2.75) is 19.9 Å². The molecule has 1 atom stereocenters. The van der Waals surface area contributed by atoms with Crippen molar-refractivity contribution in [3.63, 3.8) is 0 Å². The first-order valence-electron chi connectivity index (χ1n) is 5.41. The van der Waals surface area contributed by atoms with Crippen LogP contribution < -0.4 is 5.73 Å². The zero-order valence-corrected chi connectivity index (χ0v) is 9.64. The predicted octanol–water partition coefficient (Wildman–Crippen LogP) is 2.75. The standard InChI is InChI=1S/C14H16N2/c1-10-5-6-11(2)13(8-10)14(15)12-4-3-7-16-9-12/h3-9,14H,15H2,1-2H3. The Morgan fingerprint density at radius 2 is 2.00 bits per heavy atom. The fourth-order valence-corrected chi connectivity index (χ4v) is 1.83. The Balaban J connectivity index is 2.41. The lowest BCUT2D eigenvalue weighted by Crippen LogP contribution is -2.13. The van der Waals surface area contributed by atoms with Crippen LogP contribution in [-0.4, -0.2) is 4.98 Å². The number of pyridine rings is 1. The normalized spacial score (nSPS) is 12.4. The Morgan fingerprint density at radius 3 is 2.69 bits per heavy atom. The van der Waals surface area contributed by atoms with Gasteiger partial charge in [-0.2, -0.15) is 0 Å². The summed E-state index contributed by atoms with van der Waals surface area (Å²) in [6.45, 7) is 4.17. The summed E-state index contributed by atoms with van der Waals surface area (Å²) >= 11 is 0. The zero-order valence-electron chi connectivity index (χ0n) is 9.64. The second-order valence-corrected chi connectivity index (χ2v) is 4.12. The van der Waals surface area contributed by atoms with E-state index in [4.69, 9.17) is 5.73 Å². The average Bonchev–Trinajstić information content (AvgIpc) is 2.32. The second kappa shape index (κ2) is 4.45. The van der Waals surface area contributed by atoms with E-state index < -0.39 is 0 Å². The molecule has 1 heterocycles. The molecule has 0 aliphatic carbocycles. The summed E-state index contributed by atoms with van der Waals surface area (Å²) in [6, 6.07) is 10.2. The highest BCUT2D eigenvalue weighted by atomic mass is 14.7. The highest BCUT2D eigenvalue weighted by Crippen LogP contribution is 2.22. The van der Waals surface area contributed by atoms with Gasteiger partial charge in [0, 0.05) is 12.4 Å². The number of rotatable bonds is 2. The number of nitrogens with zero attached hydrogens (tertiary/aromatic N) is 1. The molecule has 2 N–H and O–H groups in total. The van der Waals surface area contributed by atoms with Crippen molar-refractivity contribution < 1.29 is 0 Å². The third kappa shape index (κ3) is 2.12. The van der Waals surface area contributed by atoms with Crippen molar-refractivity contribution in [2.75, 3.05) is 0 Å². The summed E-state index contributed by atoms with van der Waals surface area (Å²) < 4.78 is 0. The summed E-state index contributed by atoms with van der Waals surface area (Å²) in [5, 5.41) is 0. The van der Waals surface area contributed by atoms with E-state index in [1.54, 1.807) is 6.20 Å². The fraction of sp³-hybridized carbons (Fsp3) is 0.214. The molecule has 82 valence electrons. The molecule has 0 saturated carbocycles. The molecule has 2 heteroatoms.